The van der Waals surface area contributed by atoms with Crippen LogP contribution in [0.15, 0.2) is 60.9 Å². The summed E-state index contributed by atoms with van der Waals surface area (Å²) >= 11 is 0. The van der Waals surface area contributed by atoms with Crippen molar-refractivity contribution in [3.63, 3.8) is 0 Å². The van der Waals surface area contributed by atoms with E-state index in [1.54, 1.807) is 12.4 Å². The molecule has 0 radical (unpaired) electrons. The minimum atomic E-state index is -2.87. The van der Waals surface area contributed by atoms with Crippen LogP contribution in [0.5, 0.6) is 11.5 Å². The topological polar surface area (TPSA) is 51.6 Å². The Morgan fingerprint density at radius 3 is 2.46 bits per heavy atom. The Hall–Kier alpha value is -2.73. The van der Waals surface area contributed by atoms with E-state index in [1.807, 2.05) is 24.3 Å². The maximum atomic E-state index is 12.1. The van der Waals surface area contributed by atoms with Gasteiger partial charge >= 0.3 is 6.61 Å². The maximum absolute atomic E-state index is 12.1. The zero-order valence-electron chi connectivity index (χ0n) is 12.6. The molecular weight excluding hydrogens is 316 g/mol. The van der Waals surface area contributed by atoms with Crippen LogP contribution in [0.2, 0.25) is 0 Å². The third-order valence-corrected chi connectivity index (χ3v) is 3.51. The lowest BCUT2D eigenvalue weighted by Crippen LogP contribution is -2.10. The van der Waals surface area contributed by atoms with Crippen molar-refractivity contribution in [3.05, 3.63) is 66.5 Å². The second-order valence-electron chi connectivity index (χ2n) is 5.16. The lowest BCUT2D eigenvalue weighted by Gasteiger charge is -2.14. The molecule has 0 aliphatic heterocycles. The predicted molar refractivity (Wildman–Crippen MR) is 85.3 cm³/mol. The van der Waals surface area contributed by atoms with Gasteiger partial charge in [-0.2, -0.15) is 8.78 Å². The Kier molecular flexibility index (Phi) is 4.86. The van der Waals surface area contributed by atoms with Gasteiger partial charge in [0.15, 0.2) is 0 Å². The van der Waals surface area contributed by atoms with Crippen LogP contribution in [0.1, 0.15) is 11.7 Å². The molecule has 1 atom stereocenters. The molecule has 24 heavy (non-hydrogen) atoms. The van der Waals surface area contributed by atoms with Gasteiger partial charge in [-0.3, -0.25) is 4.98 Å². The smallest absolute Gasteiger partial charge is 0.387 e. The fourth-order valence-corrected chi connectivity index (χ4v) is 2.30. The van der Waals surface area contributed by atoms with Gasteiger partial charge in [0.1, 0.15) is 24.2 Å². The van der Waals surface area contributed by atoms with E-state index >= 15 is 0 Å². The first-order chi connectivity index (χ1) is 11.6. The average Bonchev–Trinajstić information content (AvgIpc) is 2.59. The molecule has 0 amide bonds. The molecule has 0 fully saturated rings. The molecule has 2 aromatic carbocycles. The first kappa shape index (κ1) is 16.1. The number of hydrogen-bond donors (Lipinski definition) is 1. The Morgan fingerprint density at radius 1 is 0.958 bits per heavy atom. The highest BCUT2D eigenvalue weighted by molar-refractivity contribution is 5.82. The van der Waals surface area contributed by atoms with Gasteiger partial charge in [0, 0.05) is 17.8 Å². The summed E-state index contributed by atoms with van der Waals surface area (Å²) in [5.74, 6) is 0.663. The lowest BCUT2D eigenvalue weighted by atomic mass is 10.1. The van der Waals surface area contributed by atoms with E-state index in [1.165, 1.54) is 24.3 Å². The normalized spacial score (nSPS) is 12.3. The highest BCUT2D eigenvalue weighted by Gasteiger charge is 2.10. The number of aliphatic hydroxyl groups is 1. The maximum Gasteiger partial charge on any atom is 0.387 e. The monoisotopic (exact) mass is 331 g/mol. The van der Waals surface area contributed by atoms with Crippen molar-refractivity contribution < 1.29 is 23.4 Å². The van der Waals surface area contributed by atoms with Gasteiger partial charge in [-0.1, -0.05) is 18.2 Å². The van der Waals surface area contributed by atoms with Gasteiger partial charge in [0.05, 0.1) is 0 Å². The second kappa shape index (κ2) is 7.23. The van der Waals surface area contributed by atoms with Gasteiger partial charge in [0.2, 0.25) is 0 Å². The minimum absolute atomic E-state index is 0.0425. The number of nitrogens with zero attached hydrogens (tertiary/aromatic N) is 1. The lowest BCUT2D eigenvalue weighted by molar-refractivity contribution is -0.0498. The molecular formula is C18H15F2NO3. The molecule has 6 heteroatoms. The number of halogens is 2. The summed E-state index contributed by atoms with van der Waals surface area (Å²) < 4.78 is 34.1. The summed E-state index contributed by atoms with van der Waals surface area (Å²) in [6, 6.07) is 13.3. The highest BCUT2D eigenvalue weighted by Crippen LogP contribution is 2.23. The Balaban J connectivity index is 1.62. The zero-order chi connectivity index (χ0) is 16.9. The molecule has 0 aliphatic carbocycles. The van der Waals surface area contributed by atoms with E-state index in [-0.39, 0.29) is 12.4 Å². The first-order valence-electron chi connectivity index (χ1n) is 7.31. The number of alkyl halides is 2. The average molecular weight is 331 g/mol. The molecule has 0 saturated carbocycles. The van der Waals surface area contributed by atoms with Crippen LogP contribution in [-0.2, 0) is 0 Å². The zero-order valence-corrected chi connectivity index (χ0v) is 12.6. The molecule has 0 saturated heterocycles. The van der Waals surface area contributed by atoms with E-state index in [0.29, 0.717) is 11.3 Å². The van der Waals surface area contributed by atoms with Crippen LogP contribution >= 0.6 is 0 Å². The van der Waals surface area contributed by atoms with E-state index < -0.39 is 12.7 Å². The third kappa shape index (κ3) is 3.97. The first-order valence-corrected chi connectivity index (χ1v) is 7.31. The quantitative estimate of drug-likeness (QED) is 0.743. The van der Waals surface area contributed by atoms with Crippen LogP contribution in [0.25, 0.3) is 10.8 Å². The number of ether oxygens (including phenoxy) is 2. The number of fused-ring (bicyclic) bond motifs is 1. The van der Waals surface area contributed by atoms with Crippen LogP contribution in [-0.4, -0.2) is 23.3 Å². The molecule has 4 nitrogen and oxygen atoms in total. The summed E-state index contributed by atoms with van der Waals surface area (Å²) in [4.78, 5) is 4.06. The van der Waals surface area contributed by atoms with Crippen LogP contribution in [0.4, 0.5) is 8.78 Å². The Labute approximate surface area is 137 Å². The number of aliphatic hydroxyl groups excluding tert-OH is 1. The van der Waals surface area contributed by atoms with Crippen molar-refractivity contribution in [2.45, 2.75) is 12.7 Å². The summed E-state index contributed by atoms with van der Waals surface area (Å²) in [7, 11) is 0. The number of aromatic nitrogens is 1. The van der Waals surface area contributed by atoms with Crippen molar-refractivity contribution in [2.75, 3.05) is 6.61 Å². The van der Waals surface area contributed by atoms with E-state index in [2.05, 4.69) is 9.72 Å². The predicted octanol–water partition coefficient (Wildman–Crippen LogP) is 3.95. The van der Waals surface area contributed by atoms with Gasteiger partial charge in [-0.25, -0.2) is 0 Å². The third-order valence-electron chi connectivity index (χ3n) is 3.51. The van der Waals surface area contributed by atoms with Gasteiger partial charge in [-0.15, -0.1) is 0 Å². The van der Waals surface area contributed by atoms with Crippen LogP contribution in [0.3, 0.4) is 0 Å². The summed E-state index contributed by atoms with van der Waals surface area (Å²) in [5.41, 5.74) is 0.555. The standard InChI is InChI=1S/C18H15F2NO3/c19-18(20)24-15-4-2-13(3-5-15)17(22)11-23-16-6-1-12-7-8-21-10-14(12)9-16/h1-10,17-18,22H,11H2. The summed E-state index contributed by atoms with van der Waals surface area (Å²) in [6.45, 7) is -2.83. The van der Waals surface area contributed by atoms with Gasteiger partial charge in [-0.05, 0) is 41.3 Å². The minimum Gasteiger partial charge on any atom is -0.491 e. The number of rotatable bonds is 6. The molecule has 0 bridgehead atoms. The van der Waals surface area contributed by atoms with E-state index in [4.69, 9.17) is 4.74 Å². The van der Waals surface area contributed by atoms with Gasteiger partial charge < -0.3 is 14.6 Å². The van der Waals surface area contributed by atoms with E-state index in [0.717, 1.165) is 10.8 Å². The molecule has 1 aromatic heterocycles. The number of pyridine rings is 1. The largest absolute Gasteiger partial charge is 0.491 e. The van der Waals surface area contributed by atoms with Crippen molar-refractivity contribution in [2.24, 2.45) is 0 Å². The molecule has 3 aromatic rings. The summed E-state index contributed by atoms with van der Waals surface area (Å²) in [5, 5.41) is 12.1. The Bertz CT molecular complexity index is 809. The molecule has 1 N–H and O–H groups in total. The molecule has 0 spiro atoms. The SMILES string of the molecule is OC(COc1ccc2ccncc2c1)c1ccc(OC(F)F)cc1. The molecule has 0 aliphatic rings. The molecule has 1 heterocycles. The molecule has 3 rings (SSSR count). The van der Waals surface area contributed by atoms with Crippen molar-refractivity contribution in [1.29, 1.82) is 0 Å². The molecule has 124 valence electrons. The van der Waals surface area contributed by atoms with Crippen molar-refractivity contribution in [3.8, 4) is 11.5 Å². The fraction of sp³-hybridized carbons (Fsp3) is 0.167. The van der Waals surface area contributed by atoms with E-state index in [9.17, 15) is 13.9 Å². The summed E-state index contributed by atoms with van der Waals surface area (Å²) in [6.07, 6.45) is 2.57. The van der Waals surface area contributed by atoms with Crippen LogP contribution < -0.4 is 9.47 Å². The van der Waals surface area contributed by atoms with Gasteiger partial charge in [0.25, 0.3) is 0 Å². The second-order valence-corrected chi connectivity index (χ2v) is 5.16. The Morgan fingerprint density at radius 2 is 1.71 bits per heavy atom. The fourth-order valence-electron chi connectivity index (χ4n) is 2.30. The van der Waals surface area contributed by atoms with Crippen molar-refractivity contribution >= 4 is 10.8 Å². The highest BCUT2D eigenvalue weighted by atomic mass is 19.3. The van der Waals surface area contributed by atoms with Crippen molar-refractivity contribution in [1.82, 2.24) is 4.98 Å². The van der Waals surface area contributed by atoms with Crippen LogP contribution in [0, 0.1) is 0 Å². The number of hydrogen-bond acceptors (Lipinski definition) is 4. The molecule has 1 unspecified atom stereocenters. The number of benzene rings is 2.